The minimum atomic E-state index is 0.773. The van der Waals surface area contributed by atoms with Gasteiger partial charge in [0.1, 0.15) is 0 Å². The van der Waals surface area contributed by atoms with Crippen LogP contribution in [0.3, 0.4) is 0 Å². The van der Waals surface area contributed by atoms with E-state index in [-0.39, 0.29) is 0 Å². The average Bonchev–Trinajstić information content (AvgIpc) is 2.79. The molecule has 2 aliphatic rings. The lowest BCUT2D eigenvalue weighted by Gasteiger charge is -2.35. The van der Waals surface area contributed by atoms with Crippen molar-refractivity contribution in [2.45, 2.75) is 52.0 Å². The van der Waals surface area contributed by atoms with Crippen molar-refractivity contribution >= 4 is 0 Å². The summed E-state index contributed by atoms with van der Waals surface area (Å²) in [5.41, 5.74) is 0. The fourth-order valence-electron chi connectivity index (χ4n) is 3.27. The van der Waals surface area contributed by atoms with Crippen LogP contribution in [0.4, 0.5) is 0 Å². The van der Waals surface area contributed by atoms with E-state index < -0.39 is 0 Å². The zero-order valence-corrected chi connectivity index (χ0v) is 10.9. The zero-order valence-electron chi connectivity index (χ0n) is 10.9. The first-order chi connectivity index (χ1) is 7.77. The van der Waals surface area contributed by atoms with Crippen LogP contribution in [0.5, 0.6) is 0 Å². The number of nitrogens with one attached hydrogen (secondary N) is 1. The SMILES string of the molecule is CC(C)C1CCCCC1NCC1CCOC1. The van der Waals surface area contributed by atoms with Gasteiger partial charge in [0, 0.05) is 19.2 Å². The molecule has 0 aromatic carbocycles. The van der Waals surface area contributed by atoms with Crippen molar-refractivity contribution in [1.82, 2.24) is 5.32 Å². The van der Waals surface area contributed by atoms with E-state index in [0.717, 1.165) is 37.0 Å². The van der Waals surface area contributed by atoms with Crippen LogP contribution >= 0.6 is 0 Å². The van der Waals surface area contributed by atoms with E-state index in [1.54, 1.807) is 0 Å². The predicted octanol–water partition coefficient (Wildman–Crippen LogP) is 2.83. The Bertz CT molecular complexity index is 199. The summed E-state index contributed by atoms with van der Waals surface area (Å²) in [4.78, 5) is 0. The summed E-state index contributed by atoms with van der Waals surface area (Å²) in [6.07, 6.45) is 6.93. The Morgan fingerprint density at radius 2 is 2.00 bits per heavy atom. The molecular formula is C14H27NO. The molecule has 0 aromatic rings. The zero-order chi connectivity index (χ0) is 11.4. The van der Waals surface area contributed by atoms with E-state index >= 15 is 0 Å². The van der Waals surface area contributed by atoms with Gasteiger partial charge in [-0.3, -0.25) is 0 Å². The summed E-state index contributed by atoms with van der Waals surface area (Å²) < 4.78 is 5.43. The standard InChI is InChI=1S/C14H27NO/c1-11(2)13-5-3-4-6-14(13)15-9-12-7-8-16-10-12/h11-15H,3-10H2,1-2H3. The van der Waals surface area contributed by atoms with E-state index in [4.69, 9.17) is 4.74 Å². The van der Waals surface area contributed by atoms with Crippen molar-refractivity contribution in [2.75, 3.05) is 19.8 Å². The molecule has 2 rings (SSSR count). The Morgan fingerprint density at radius 1 is 1.19 bits per heavy atom. The van der Waals surface area contributed by atoms with Gasteiger partial charge in [-0.05, 0) is 37.0 Å². The van der Waals surface area contributed by atoms with Crippen molar-refractivity contribution in [3.63, 3.8) is 0 Å². The number of hydrogen-bond acceptors (Lipinski definition) is 2. The van der Waals surface area contributed by atoms with E-state index in [9.17, 15) is 0 Å². The second-order valence-corrected chi connectivity index (χ2v) is 5.94. The summed E-state index contributed by atoms with van der Waals surface area (Å²) in [5, 5.41) is 3.81. The Labute approximate surface area is 100 Å². The number of ether oxygens (including phenoxy) is 1. The highest BCUT2D eigenvalue weighted by molar-refractivity contribution is 4.83. The summed E-state index contributed by atoms with van der Waals surface area (Å²) in [6, 6.07) is 0.773. The fraction of sp³-hybridized carbons (Fsp3) is 1.00. The topological polar surface area (TPSA) is 21.3 Å². The molecular weight excluding hydrogens is 198 g/mol. The lowest BCUT2D eigenvalue weighted by molar-refractivity contribution is 0.174. The van der Waals surface area contributed by atoms with Crippen molar-refractivity contribution in [2.24, 2.45) is 17.8 Å². The number of hydrogen-bond donors (Lipinski definition) is 1. The van der Waals surface area contributed by atoms with Gasteiger partial charge in [0.25, 0.3) is 0 Å². The molecule has 3 unspecified atom stereocenters. The third-order valence-corrected chi connectivity index (χ3v) is 4.37. The minimum Gasteiger partial charge on any atom is -0.381 e. The highest BCUT2D eigenvalue weighted by Gasteiger charge is 2.28. The smallest absolute Gasteiger partial charge is 0.0507 e. The maximum atomic E-state index is 5.43. The van der Waals surface area contributed by atoms with E-state index in [0.29, 0.717) is 0 Å². The van der Waals surface area contributed by atoms with Gasteiger partial charge >= 0.3 is 0 Å². The molecule has 0 radical (unpaired) electrons. The normalized spacial score (nSPS) is 35.8. The first-order valence-corrected chi connectivity index (χ1v) is 7.08. The van der Waals surface area contributed by atoms with Crippen LogP contribution in [-0.2, 0) is 4.74 Å². The Morgan fingerprint density at radius 3 is 2.69 bits per heavy atom. The van der Waals surface area contributed by atoms with Crippen molar-refractivity contribution < 1.29 is 4.74 Å². The largest absolute Gasteiger partial charge is 0.381 e. The quantitative estimate of drug-likeness (QED) is 0.794. The Balaban J connectivity index is 1.76. The van der Waals surface area contributed by atoms with Crippen LogP contribution in [0, 0.1) is 17.8 Å². The van der Waals surface area contributed by atoms with Crippen LogP contribution < -0.4 is 5.32 Å². The van der Waals surface area contributed by atoms with Crippen LogP contribution in [0.1, 0.15) is 46.0 Å². The average molecular weight is 225 g/mol. The van der Waals surface area contributed by atoms with Gasteiger partial charge in [0.05, 0.1) is 6.61 Å². The fourth-order valence-corrected chi connectivity index (χ4v) is 3.27. The number of rotatable bonds is 4. The van der Waals surface area contributed by atoms with Gasteiger partial charge in [0.15, 0.2) is 0 Å². The Kier molecular flexibility index (Phi) is 4.66. The minimum absolute atomic E-state index is 0.773. The monoisotopic (exact) mass is 225 g/mol. The van der Waals surface area contributed by atoms with E-state index in [1.807, 2.05) is 0 Å². The molecule has 0 aromatic heterocycles. The molecule has 0 amide bonds. The maximum absolute atomic E-state index is 5.43. The first kappa shape index (κ1) is 12.4. The van der Waals surface area contributed by atoms with Crippen molar-refractivity contribution in [3.05, 3.63) is 0 Å². The van der Waals surface area contributed by atoms with Gasteiger partial charge in [0.2, 0.25) is 0 Å². The molecule has 2 heteroatoms. The summed E-state index contributed by atoms with van der Waals surface area (Å²) in [7, 11) is 0. The van der Waals surface area contributed by atoms with Gasteiger partial charge in [-0.1, -0.05) is 26.7 Å². The molecule has 1 aliphatic carbocycles. The molecule has 0 spiro atoms. The Hall–Kier alpha value is -0.0800. The molecule has 1 aliphatic heterocycles. The molecule has 0 bridgehead atoms. The molecule has 1 saturated heterocycles. The molecule has 2 fully saturated rings. The van der Waals surface area contributed by atoms with E-state index in [2.05, 4.69) is 19.2 Å². The molecule has 16 heavy (non-hydrogen) atoms. The van der Waals surface area contributed by atoms with Crippen LogP contribution in [-0.4, -0.2) is 25.8 Å². The highest BCUT2D eigenvalue weighted by Crippen LogP contribution is 2.30. The third-order valence-electron chi connectivity index (χ3n) is 4.37. The molecule has 1 N–H and O–H groups in total. The molecule has 1 saturated carbocycles. The molecule has 94 valence electrons. The van der Waals surface area contributed by atoms with Crippen LogP contribution in [0.15, 0.2) is 0 Å². The highest BCUT2D eigenvalue weighted by atomic mass is 16.5. The van der Waals surface area contributed by atoms with Crippen molar-refractivity contribution in [3.8, 4) is 0 Å². The van der Waals surface area contributed by atoms with Crippen LogP contribution in [0.2, 0.25) is 0 Å². The summed E-state index contributed by atoms with van der Waals surface area (Å²) >= 11 is 0. The maximum Gasteiger partial charge on any atom is 0.0507 e. The van der Waals surface area contributed by atoms with Gasteiger partial charge in [-0.15, -0.1) is 0 Å². The van der Waals surface area contributed by atoms with Crippen LogP contribution in [0.25, 0.3) is 0 Å². The van der Waals surface area contributed by atoms with Gasteiger partial charge < -0.3 is 10.1 Å². The molecule has 1 heterocycles. The van der Waals surface area contributed by atoms with Crippen molar-refractivity contribution in [1.29, 1.82) is 0 Å². The summed E-state index contributed by atoms with van der Waals surface area (Å²) in [5.74, 6) is 2.50. The van der Waals surface area contributed by atoms with E-state index in [1.165, 1.54) is 38.6 Å². The molecule has 3 atom stereocenters. The predicted molar refractivity (Wildman–Crippen MR) is 67.5 cm³/mol. The molecule has 2 nitrogen and oxygen atoms in total. The first-order valence-electron chi connectivity index (χ1n) is 7.08. The second-order valence-electron chi connectivity index (χ2n) is 5.94. The third kappa shape index (κ3) is 3.21. The lowest BCUT2D eigenvalue weighted by Crippen LogP contribution is -2.42. The lowest BCUT2D eigenvalue weighted by atomic mass is 9.77. The second kappa shape index (κ2) is 6.02. The van der Waals surface area contributed by atoms with Gasteiger partial charge in [-0.2, -0.15) is 0 Å². The van der Waals surface area contributed by atoms with Gasteiger partial charge in [-0.25, -0.2) is 0 Å². The summed E-state index contributed by atoms with van der Waals surface area (Å²) in [6.45, 7) is 7.89.